The smallest absolute Gasteiger partial charge is 0.125 e. The molecule has 3 N–H and O–H groups in total. The van der Waals surface area contributed by atoms with Gasteiger partial charge in [-0.2, -0.15) is 4.83 Å². The molecule has 0 atom stereocenters. The van der Waals surface area contributed by atoms with E-state index in [9.17, 15) is 0 Å². The van der Waals surface area contributed by atoms with E-state index in [1.54, 1.807) is 7.05 Å². The van der Waals surface area contributed by atoms with Gasteiger partial charge in [-0.15, -0.1) is 9.39 Å². The Bertz CT molecular complexity index is 1320. The lowest BCUT2D eigenvalue weighted by molar-refractivity contribution is 0.192. The number of hydrogen-bond acceptors (Lipinski definition) is 4. The van der Waals surface area contributed by atoms with Crippen LogP contribution in [0.3, 0.4) is 0 Å². The highest BCUT2D eigenvalue weighted by atomic mass is 32.2. The number of fused-ring (bicyclic) bond motifs is 1. The molecule has 1 aliphatic rings. The largest absolute Gasteiger partial charge is 0.384 e. The van der Waals surface area contributed by atoms with Crippen LogP contribution in [-0.4, -0.2) is 47.6 Å². The van der Waals surface area contributed by atoms with E-state index in [4.69, 9.17) is 5.73 Å². The Hall–Kier alpha value is -3.22. The molecule has 1 fully saturated rings. The molecule has 0 spiro atoms. The van der Waals surface area contributed by atoms with E-state index in [1.165, 1.54) is 36.5 Å². The fourth-order valence-electron chi connectivity index (χ4n) is 4.49. The highest BCUT2D eigenvalue weighted by molar-refractivity contribution is 8.26. The van der Waals surface area contributed by atoms with Gasteiger partial charge in [0.05, 0.1) is 6.54 Å². The van der Waals surface area contributed by atoms with Crippen molar-refractivity contribution >= 4 is 37.7 Å². The van der Waals surface area contributed by atoms with Gasteiger partial charge in [-0.1, -0.05) is 79.7 Å². The first-order valence-electron chi connectivity index (χ1n) is 12.2. The molecular weight excluding hydrogens is 450 g/mol. The van der Waals surface area contributed by atoms with Crippen molar-refractivity contribution in [3.8, 4) is 0 Å². The van der Waals surface area contributed by atoms with Gasteiger partial charge in [0.1, 0.15) is 11.7 Å². The fraction of sp³-hybridized carbons (Fsp3) is 0.276. The number of nitrogens with two attached hydrogens (primary N) is 1. The Balaban J connectivity index is 1.65. The van der Waals surface area contributed by atoms with Crippen LogP contribution in [0.4, 0.5) is 0 Å². The molecule has 6 heteroatoms. The first kappa shape index (κ1) is 24.9. The zero-order chi connectivity index (χ0) is 24.8. The van der Waals surface area contributed by atoms with Crippen molar-refractivity contribution < 1.29 is 0 Å². The number of benzene rings is 3. The van der Waals surface area contributed by atoms with Crippen LogP contribution in [0.2, 0.25) is 0 Å². The van der Waals surface area contributed by atoms with Gasteiger partial charge in [0.25, 0.3) is 0 Å². The highest BCUT2D eigenvalue weighted by Gasteiger charge is 2.19. The predicted octanol–water partition coefficient (Wildman–Crippen LogP) is 5.47. The Labute approximate surface area is 210 Å². The fourth-order valence-corrected chi connectivity index (χ4v) is 5.87. The van der Waals surface area contributed by atoms with E-state index < -0.39 is 9.39 Å². The van der Waals surface area contributed by atoms with E-state index in [1.807, 2.05) is 12.1 Å². The SMILES string of the molecule is C=C(N1CCCCCC1)N(Cc1cccc(C(N)=NC)c1)NS(=C)(=C)c1ccc2ccccc2c1. The van der Waals surface area contributed by atoms with Gasteiger partial charge in [-0.3, -0.25) is 10.0 Å². The molecule has 0 bridgehead atoms. The standard InChI is InChI=1S/C29H37N5S/c1-23(33-18-9-5-6-10-19-33)34(22-24-12-11-15-27(20-24)29(30)31-2)32-35(3,4)28-17-16-25-13-7-8-14-26(25)21-28/h7-8,11-17,20-21,32H,1,3-6,9-10,18-19,22H2,2H3,(H2,30,31). The summed E-state index contributed by atoms with van der Waals surface area (Å²) >= 11 is 0. The quantitative estimate of drug-likeness (QED) is 0.191. The zero-order valence-corrected chi connectivity index (χ0v) is 21.6. The van der Waals surface area contributed by atoms with Crippen molar-refractivity contribution in [1.82, 2.24) is 14.7 Å². The maximum absolute atomic E-state index is 6.09. The third-order valence-corrected chi connectivity index (χ3v) is 8.27. The molecule has 35 heavy (non-hydrogen) atoms. The summed E-state index contributed by atoms with van der Waals surface area (Å²) in [6.45, 7) is 7.16. The van der Waals surface area contributed by atoms with E-state index >= 15 is 0 Å². The highest BCUT2D eigenvalue weighted by Crippen LogP contribution is 2.32. The van der Waals surface area contributed by atoms with Crippen LogP contribution in [0.25, 0.3) is 10.8 Å². The minimum absolute atomic E-state index is 0.531. The number of amidine groups is 1. The second kappa shape index (κ2) is 11.0. The van der Waals surface area contributed by atoms with Crippen molar-refractivity contribution in [3.05, 3.63) is 90.3 Å². The number of likely N-dealkylation sites (tertiary alicyclic amines) is 1. The third kappa shape index (κ3) is 6.08. The monoisotopic (exact) mass is 487 g/mol. The van der Waals surface area contributed by atoms with Crippen LogP contribution >= 0.6 is 9.39 Å². The summed E-state index contributed by atoms with van der Waals surface area (Å²) in [7, 11) is -0.143. The predicted molar refractivity (Wildman–Crippen MR) is 155 cm³/mol. The Morgan fingerprint density at radius 2 is 1.69 bits per heavy atom. The van der Waals surface area contributed by atoms with Crippen LogP contribution in [0.1, 0.15) is 36.8 Å². The lowest BCUT2D eigenvalue weighted by Crippen LogP contribution is -2.41. The number of nitrogens with zero attached hydrogens (tertiary/aromatic N) is 3. The summed E-state index contributed by atoms with van der Waals surface area (Å²) in [6.07, 6.45) is 4.91. The maximum atomic E-state index is 6.09. The molecule has 0 unspecified atom stereocenters. The normalized spacial score (nSPS) is 15.1. The van der Waals surface area contributed by atoms with E-state index in [-0.39, 0.29) is 0 Å². The van der Waals surface area contributed by atoms with Crippen LogP contribution in [-0.2, 0) is 6.54 Å². The summed E-state index contributed by atoms with van der Waals surface area (Å²) in [4.78, 5) is 11.3. The van der Waals surface area contributed by atoms with Crippen LogP contribution in [0.15, 0.2) is 89.0 Å². The molecule has 0 saturated carbocycles. The zero-order valence-electron chi connectivity index (χ0n) is 20.7. The molecule has 0 amide bonds. The Morgan fingerprint density at radius 3 is 2.40 bits per heavy atom. The van der Waals surface area contributed by atoms with Gasteiger partial charge in [0.15, 0.2) is 0 Å². The Morgan fingerprint density at radius 1 is 0.971 bits per heavy atom. The van der Waals surface area contributed by atoms with Gasteiger partial charge in [0.2, 0.25) is 0 Å². The number of hydrazine groups is 1. The minimum atomic E-state index is -1.85. The molecule has 4 rings (SSSR count). The van der Waals surface area contributed by atoms with E-state index in [0.717, 1.165) is 34.9 Å². The van der Waals surface area contributed by atoms with Crippen molar-refractivity contribution in [2.75, 3.05) is 20.1 Å². The molecule has 3 aromatic rings. The molecule has 0 aliphatic carbocycles. The number of rotatable bonds is 8. The van der Waals surface area contributed by atoms with Crippen LogP contribution in [0.5, 0.6) is 0 Å². The van der Waals surface area contributed by atoms with Gasteiger partial charge in [0, 0.05) is 30.6 Å². The van der Waals surface area contributed by atoms with Gasteiger partial charge < -0.3 is 10.6 Å². The third-order valence-electron chi connectivity index (χ3n) is 6.54. The topological polar surface area (TPSA) is 56.9 Å². The summed E-state index contributed by atoms with van der Waals surface area (Å²) in [5, 5.41) is 4.54. The molecule has 1 aliphatic heterocycles. The molecule has 3 aromatic carbocycles. The van der Waals surface area contributed by atoms with Crippen molar-refractivity contribution in [3.63, 3.8) is 0 Å². The van der Waals surface area contributed by atoms with E-state index in [0.29, 0.717) is 12.4 Å². The number of hydrogen-bond donors (Lipinski definition) is 2. The molecule has 0 aromatic heterocycles. The molecule has 1 saturated heterocycles. The lowest BCUT2D eigenvalue weighted by atomic mass is 10.1. The summed E-state index contributed by atoms with van der Waals surface area (Å²) in [6, 6.07) is 23.1. The van der Waals surface area contributed by atoms with Crippen molar-refractivity contribution in [1.29, 1.82) is 0 Å². The first-order chi connectivity index (χ1) is 16.9. The van der Waals surface area contributed by atoms with Gasteiger partial charge in [-0.25, -0.2) is 0 Å². The average Bonchev–Trinajstić information content (AvgIpc) is 3.17. The van der Waals surface area contributed by atoms with Crippen molar-refractivity contribution in [2.24, 2.45) is 10.7 Å². The summed E-state index contributed by atoms with van der Waals surface area (Å²) in [5.41, 5.74) is 8.13. The first-order valence-corrected chi connectivity index (χ1v) is 14.1. The number of nitrogens with one attached hydrogen (secondary N) is 1. The molecule has 1 heterocycles. The molecular formula is C29H37N5S. The van der Waals surface area contributed by atoms with Crippen LogP contribution in [0, 0.1) is 0 Å². The van der Waals surface area contributed by atoms with Crippen LogP contribution < -0.4 is 10.6 Å². The van der Waals surface area contributed by atoms with Crippen molar-refractivity contribution in [2.45, 2.75) is 37.1 Å². The van der Waals surface area contributed by atoms with Gasteiger partial charge >= 0.3 is 0 Å². The summed E-state index contributed by atoms with van der Waals surface area (Å²) < 4.78 is 0. The Kier molecular flexibility index (Phi) is 7.83. The van der Waals surface area contributed by atoms with E-state index in [2.05, 4.69) is 92.6 Å². The maximum Gasteiger partial charge on any atom is 0.125 e. The lowest BCUT2D eigenvalue weighted by Gasteiger charge is -2.37. The van der Waals surface area contributed by atoms with Gasteiger partial charge in [-0.05, 0) is 47.4 Å². The minimum Gasteiger partial charge on any atom is -0.384 e. The number of aliphatic imine (C=N–C) groups is 1. The average molecular weight is 488 g/mol. The summed E-state index contributed by atoms with van der Waals surface area (Å²) in [5.74, 6) is 10.6. The second-order valence-corrected chi connectivity index (χ2v) is 11.6. The molecule has 184 valence electrons. The molecule has 5 nitrogen and oxygen atoms in total. The molecule has 0 radical (unpaired) electrons. The second-order valence-electron chi connectivity index (χ2n) is 9.20.